The number of carbonyl (C=O) groups is 2. The smallest absolute Gasteiger partial charge is 0.410 e. The van der Waals surface area contributed by atoms with Crippen LogP contribution in [0.5, 0.6) is 0 Å². The lowest BCUT2D eigenvalue weighted by molar-refractivity contribution is -0.138. The van der Waals surface area contributed by atoms with Crippen LogP contribution in [0.1, 0.15) is 33.6 Å². The molecule has 1 N–H and O–H groups in total. The second kappa shape index (κ2) is 6.23. The Kier molecular flexibility index (Phi) is 5.17. The molecule has 0 aromatic rings. The summed E-state index contributed by atoms with van der Waals surface area (Å²) in [5.41, 5.74) is -0.491. The molecule has 110 valence electrons. The maximum Gasteiger partial charge on any atom is 0.410 e. The molecule has 0 radical (unpaired) electrons. The molecule has 0 unspecified atom stereocenters. The van der Waals surface area contributed by atoms with Gasteiger partial charge in [0, 0.05) is 26.2 Å². The van der Waals surface area contributed by atoms with Gasteiger partial charge in [0.15, 0.2) is 0 Å². The highest BCUT2D eigenvalue weighted by atomic mass is 16.6. The number of nitrogens with zero attached hydrogens (tertiary/aromatic N) is 2. The second-order valence-electron chi connectivity index (χ2n) is 5.99. The van der Waals surface area contributed by atoms with Gasteiger partial charge in [0.1, 0.15) is 5.60 Å². The first-order valence-electron chi connectivity index (χ1n) is 6.59. The van der Waals surface area contributed by atoms with Gasteiger partial charge in [-0.25, -0.2) is 4.79 Å². The Morgan fingerprint density at radius 3 is 2.26 bits per heavy atom. The highest BCUT2D eigenvalue weighted by Crippen LogP contribution is 2.18. The van der Waals surface area contributed by atoms with Crippen LogP contribution < -0.4 is 0 Å². The molecule has 1 aliphatic rings. The fraction of sp³-hybridized carbons (Fsp3) is 0.846. The number of carbonyl (C=O) groups excluding carboxylic acids is 1. The Hall–Kier alpha value is -1.30. The molecule has 1 aliphatic heterocycles. The van der Waals surface area contributed by atoms with Crippen molar-refractivity contribution in [1.82, 2.24) is 9.80 Å². The summed E-state index contributed by atoms with van der Waals surface area (Å²) in [6, 6.07) is 0.125. The Morgan fingerprint density at radius 1 is 1.32 bits per heavy atom. The molecule has 0 aliphatic carbocycles. The van der Waals surface area contributed by atoms with E-state index in [-0.39, 0.29) is 18.7 Å². The number of hydrogen-bond donors (Lipinski definition) is 1. The minimum Gasteiger partial charge on any atom is -0.480 e. The average molecular weight is 272 g/mol. The van der Waals surface area contributed by atoms with Gasteiger partial charge in [0.05, 0.1) is 6.54 Å². The van der Waals surface area contributed by atoms with Gasteiger partial charge < -0.3 is 14.7 Å². The van der Waals surface area contributed by atoms with Crippen molar-refractivity contribution in [3.63, 3.8) is 0 Å². The molecule has 6 heteroatoms. The highest BCUT2D eigenvalue weighted by Gasteiger charge is 2.28. The molecular formula is C13H24N2O4. The first-order valence-corrected chi connectivity index (χ1v) is 6.59. The zero-order valence-electron chi connectivity index (χ0n) is 12.2. The predicted molar refractivity (Wildman–Crippen MR) is 71.1 cm³/mol. The first kappa shape index (κ1) is 15.8. The van der Waals surface area contributed by atoms with E-state index in [2.05, 4.69) is 0 Å². The lowest BCUT2D eigenvalue weighted by Crippen LogP contribution is -2.47. The van der Waals surface area contributed by atoms with Crippen molar-refractivity contribution in [2.75, 3.05) is 26.7 Å². The van der Waals surface area contributed by atoms with Gasteiger partial charge in [-0.2, -0.15) is 0 Å². The quantitative estimate of drug-likeness (QED) is 0.841. The number of hydrogen-bond acceptors (Lipinski definition) is 4. The van der Waals surface area contributed by atoms with Gasteiger partial charge in [-0.3, -0.25) is 9.69 Å². The lowest BCUT2D eigenvalue weighted by Gasteiger charge is -2.36. The van der Waals surface area contributed by atoms with E-state index in [0.29, 0.717) is 13.1 Å². The largest absolute Gasteiger partial charge is 0.480 e. The van der Waals surface area contributed by atoms with Crippen molar-refractivity contribution in [2.45, 2.75) is 45.3 Å². The summed E-state index contributed by atoms with van der Waals surface area (Å²) in [5.74, 6) is -0.807. The number of carboxylic acid groups (broad SMARTS) is 1. The van der Waals surface area contributed by atoms with Crippen LogP contribution in [0.25, 0.3) is 0 Å². The summed E-state index contributed by atoms with van der Waals surface area (Å²) in [5, 5.41) is 8.73. The van der Waals surface area contributed by atoms with E-state index in [4.69, 9.17) is 9.84 Å². The van der Waals surface area contributed by atoms with E-state index in [1.165, 1.54) is 0 Å². The van der Waals surface area contributed by atoms with Gasteiger partial charge in [-0.05, 0) is 33.6 Å². The second-order valence-corrected chi connectivity index (χ2v) is 5.99. The van der Waals surface area contributed by atoms with Crippen molar-refractivity contribution in [1.29, 1.82) is 0 Å². The molecule has 6 nitrogen and oxygen atoms in total. The first-order chi connectivity index (χ1) is 8.69. The molecule has 0 aromatic carbocycles. The predicted octanol–water partition coefficient (Wildman–Crippen LogP) is 1.40. The topological polar surface area (TPSA) is 70.1 Å². The average Bonchev–Trinajstić information content (AvgIpc) is 2.26. The van der Waals surface area contributed by atoms with Gasteiger partial charge >= 0.3 is 12.1 Å². The van der Waals surface area contributed by atoms with Crippen molar-refractivity contribution in [3.8, 4) is 0 Å². The minimum atomic E-state index is -0.807. The normalized spacial score (nSPS) is 18.1. The van der Waals surface area contributed by atoms with Gasteiger partial charge in [-0.1, -0.05) is 0 Å². The molecule has 0 bridgehead atoms. The van der Waals surface area contributed by atoms with Crippen LogP contribution in [-0.4, -0.2) is 65.3 Å². The van der Waals surface area contributed by atoms with Crippen LogP contribution in [0.15, 0.2) is 0 Å². The Balaban J connectivity index is 2.42. The summed E-state index contributed by atoms with van der Waals surface area (Å²) < 4.78 is 5.32. The van der Waals surface area contributed by atoms with Crippen LogP contribution in [0.3, 0.4) is 0 Å². The molecule has 1 rings (SSSR count). The molecule has 1 fully saturated rings. The van der Waals surface area contributed by atoms with E-state index < -0.39 is 11.6 Å². The third kappa shape index (κ3) is 5.46. The molecular weight excluding hydrogens is 248 g/mol. The van der Waals surface area contributed by atoms with Gasteiger partial charge in [-0.15, -0.1) is 0 Å². The number of carboxylic acids is 1. The number of amides is 1. The SMILES string of the molecule is CN(C(=O)OC(C)(C)C)C1CCN(CC(=O)O)CC1. The molecule has 0 saturated carbocycles. The Morgan fingerprint density at radius 2 is 1.84 bits per heavy atom. The summed E-state index contributed by atoms with van der Waals surface area (Å²) in [7, 11) is 1.74. The van der Waals surface area contributed by atoms with Crippen LogP contribution in [0.2, 0.25) is 0 Å². The standard InChI is InChI=1S/C13H24N2O4/c1-13(2,3)19-12(18)14(4)10-5-7-15(8-6-10)9-11(16)17/h10H,5-9H2,1-4H3,(H,16,17). The summed E-state index contributed by atoms with van der Waals surface area (Å²) in [6.45, 7) is 6.99. The summed E-state index contributed by atoms with van der Waals surface area (Å²) >= 11 is 0. The fourth-order valence-corrected chi connectivity index (χ4v) is 2.14. The summed E-state index contributed by atoms with van der Waals surface area (Å²) in [4.78, 5) is 26.1. The molecule has 0 aromatic heterocycles. The highest BCUT2D eigenvalue weighted by molar-refractivity contribution is 5.69. The third-order valence-electron chi connectivity index (χ3n) is 3.15. The van der Waals surface area contributed by atoms with E-state index in [1.54, 1.807) is 11.9 Å². The van der Waals surface area contributed by atoms with E-state index in [0.717, 1.165) is 12.8 Å². The molecule has 1 saturated heterocycles. The summed E-state index contributed by atoms with van der Waals surface area (Å²) in [6.07, 6.45) is 1.25. The lowest BCUT2D eigenvalue weighted by atomic mass is 10.0. The zero-order chi connectivity index (χ0) is 14.6. The maximum absolute atomic E-state index is 11.9. The van der Waals surface area contributed by atoms with Gasteiger partial charge in [0.2, 0.25) is 0 Å². The number of piperidine rings is 1. The third-order valence-corrected chi connectivity index (χ3v) is 3.15. The van der Waals surface area contributed by atoms with Crippen LogP contribution in [-0.2, 0) is 9.53 Å². The number of ether oxygens (including phenoxy) is 1. The van der Waals surface area contributed by atoms with E-state index in [9.17, 15) is 9.59 Å². The molecule has 1 heterocycles. The Labute approximate surface area is 114 Å². The number of aliphatic carboxylic acids is 1. The van der Waals surface area contributed by atoms with Crippen molar-refractivity contribution in [3.05, 3.63) is 0 Å². The van der Waals surface area contributed by atoms with Crippen LogP contribution in [0.4, 0.5) is 4.79 Å². The number of likely N-dealkylation sites (tertiary alicyclic amines) is 1. The van der Waals surface area contributed by atoms with Crippen LogP contribution in [0, 0.1) is 0 Å². The fourth-order valence-electron chi connectivity index (χ4n) is 2.14. The van der Waals surface area contributed by atoms with Crippen LogP contribution >= 0.6 is 0 Å². The zero-order valence-corrected chi connectivity index (χ0v) is 12.2. The van der Waals surface area contributed by atoms with Crippen molar-refractivity contribution >= 4 is 12.1 Å². The molecule has 19 heavy (non-hydrogen) atoms. The Bertz CT molecular complexity index is 330. The van der Waals surface area contributed by atoms with Crippen molar-refractivity contribution < 1.29 is 19.4 Å². The number of rotatable bonds is 3. The molecule has 0 atom stereocenters. The minimum absolute atomic E-state index is 0.0723. The molecule has 0 spiro atoms. The van der Waals surface area contributed by atoms with Crippen molar-refractivity contribution in [2.24, 2.45) is 0 Å². The van der Waals surface area contributed by atoms with Gasteiger partial charge in [0.25, 0.3) is 0 Å². The molecule has 1 amide bonds. The maximum atomic E-state index is 11.9. The van der Waals surface area contributed by atoms with E-state index >= 15 is 0 Å². The monoisotopic (exact) mass is 272 g/mol. The van der Waals surface area contributed by atoms with E-state index in [1.807, 2.05) is 25.7 Å².